The molecule has 0 spiro atoms. The van der Waals surface area contributed by atoms with E-state index in [1.54, 1.807) is 0 Å². The van der Waals surface area contributed by atoms with Crippen molar-refractivity contribution in [1.29, 1.82) is 5.26 Å². The average Bonchev–Trinajstić information content (AvgIpc) is 1.11. The molecule has 3 saturated heterocycles. The number of phenols is 2. The Morgan fingerprint density at radius 1 is 0.897 bits per heavy atom. The number of amides is 6. The Balaban J connectivity index is 0.701. The van der Waals surface area contributed by atoms with Crippen molar-refractivity contribution in [3.8, 4) is 23.3 Å². The molecule has 6 fully saturated rings. The number of carbonyl (C=O) groups is 8. The van der Waals surface area contributed by atoms with Crippen LogP contribution in [-0.2, 0) is 57.5 Å². The minimum Gasteiger partial charge on any atom is -0.507 e. The number of ketones is 2. The van der Waals surface area contributed by atoms with Gasteiger partial charge in [0.2, 0.25) is 29.4 Å². The van der Waals surface area contributed by atoms with Crippen LogP contribution in [0.4, 0.5) is 0 Å². The zero-order valence-electron chi connectivity index (χ0n) is 48.9. The zero-order valence-corrected chi connectivity index (χ0v) is 51.1. The van der Waals surface area contributed by atoms with E-state index in [-0.39, 0.29) is 78.3 Å². The second-order valence-corrected chi connectivity index (χ2v) is 26.2. The highest BCUT2D eigenvalue weighted by Crippen LogP contribution is 2.61. The number of hydrogen-bond acceptors (Lipinski definition) is 20. The first-order chi connectivity index (χ1) is 41.5. The van der Waals surface area contributed by atoms with Crippen LogP contribution in [0.2, 0.25) is 0 Å². The number of nitrogens with one attached hydrogen (secondary N) is 6. The maximum atomic E-state index is 14.5. The van der Waals surface area contributed by atoms with Crippen LogP contribution in [0.15, 0.2) is 30.5 Å². The molecule has 3 aliphatic heterocycles. The summed E-state index contributed by atoms with van der Waals surface area (Å²) in [6.45, 7) is 5.36. The Kier molecular flexibility index (Phi) is 18.3. The van der Waals surface area contributed by atoms with E-state index in [1.165, 1.54) is 44.7 Å². The fourth-order valence-electron chi connectivity index (χ4n) is 13.5. The molecule has 3 aromatic rings. The summed E-state index contributed by atoms with van der Waals surface area (Å²) in [5, 5.41) is 62.4. The van der Waals surface area contributed by atoms with Crippen molar-refractivity contribution in [1.82, 2.24) is 41.8 Å². The molecule has 1 aromatic heterocycles. The summed E-state index contributed by atoms with van der Waals surface area (Å²) >= 11 is 2.29. The Labute approximate surface area is 514 Å². The molecule has 26 nitrogen and oxygen atoms in total. The number of carbonyl (C=O) groups excluding carboxylic acids is 8. The predicted octanol–water partition coefficient (Wildman–Crippen LogP) is 2.11. The van der Waals surface area contributed by atoms with Gasteiger partial charge in [-0.3, -0.25) is 48.2 Å². The molecule has 11 rings (SSSR count). The Morgan fingerprint density at radius 3 is 2.28 bits per heavy atom. The number of hydrogen-bond donors (Lipinski definition) is 9. The van der Waals surface area contributed by atoms with Gasteiger partial charge in [-0.1, -0.05) is 67.3 Å². The van der Waals surface area contributed by atoms with E-state index in [0.29, 0.717) is 24.4 Å². The molecule has 9 atom stereocenters. The summed E-state index contributed by atoms with van der Waals surface area (Å²) in [6.07, 6.45) is 1.72. The van der Waals surface area contributed by atoms with Gasteiger partial charge in [0.05, 0.1) is 82.5 Å². The third-order valence-electron chi connectivity index (χ3n) is 17.7. The molecule has 3 saturated carbocycles. The normalized spacial score (nSPS) is 28.0. The van der Waals surface area contributed by atoms with Crippen molar-refractivity contribution < 1.29 is 82.1 Å². The van der Waals surface area contributed by atoms with Crippen LogP contribution < -0.4 is 36.6 Å². The average molecular weight is 1320 g/mol. The largest absolute Gasteiger partial charge is 0.507 e. The van der Waals surface area contributed by atoms with Crippen LogP contribution in [0.25, 0.3) is 0 Å². The maximum absolute atomic E-state index is 14.5. The number of nitrogens with zero attached hydrogens (tertiary/aromatic N) is 3. The molecule has 2 bridgehead atoms. The molecule has 4 heterocycles. The van der Waals surface area contributed by atoms with E-state index < -0.39 is 159 Å². The number of benzene rings is 2. The number of ether oxygens (including phenoxy) is 6. The first-order valence-corrected chi connectivity index (χ1v) is 30.3. The number of unbranched alkanes of at least 4 members (excludes halogenated alkanes) is 3. The first kappa shape index (κ1) is 63.1. The molecule has 8 aliphatic rings. The number of methoxy groups -OCH3 is 2. The highest BCUT2D eigenvalue weighted by Gasteiger charge is 2.70. The molecule has 9 N–H and O–H groups in total. The molecule has 87 heavy (non-hydrogen) atoms. The van der Waals surface area contributed by atoms with Gasteiger partial charge >= 0.3 is 0 Å². The maximum Gasteiger partial charge on any atom is 0.252 e. The zero-order chi connectivity index (χ0) is 62.3. The number of phenolic OH excluding ortho intramolecular Hbond substituents is 2. The number of pyridine rings is 1. The summed E-state index contributed by atoms with van der Waals surface area (Å²) in [7, 11) is 2.85. The second kappa shape index (κ2) is 25.3. The van der Waals surface area contributed by atoms with E-state index in [9.17, 15) is 58.9 Å². The number of aliphatic hydroxyl groups is 1. The number of fused-ring (bicyclic) bond motifs is 6. The molecular weight excluding hydrogens is 1250 g/mol. The van der Waals surface area contributed by atoms with Crippen molar-refractivity contribution in [2.24, 2.45) is 0 Å². The third-order valence-corrected chi connectivity index (χ3v) is 18.7. The molecule has 466 valence electrons. The highest BCUT2D eigenvalue weighted by molar-refractivity contribution is 14.1. The highest BCUT2D eigenvalue weighted by atomic mass is 127. The third kappa shape index (κ3) is 12.5. The van der Waals surface area contributed by atoms with Crippen molar-refractivity contribution in [2.75, 3.05) is 53.6 Å². The van der Waals surface area contributed by atoms with Gasteiger partial charge < -0.3 is 75.6 Å². The lowest BCUT2D eigenvalue weighted by molar-refractivity contribution is -0.256. The number of rotatable bonds is 23. The van der Waals surface area contributed by atoms with Crippen LogP contribution in [0.1, 0.15) is 162 Å². The molecule has 1 unspecified atom stereocenters. The number of alkyl halides is 1. The van der Waals surface area contributed by atoms with Crippen LogP contribution in [0.5, 0.6) is 17.2 Å². The van der Waals surface area contributed by atoms with Crippen molar-refractivity contribution in [2.45, 2.75) is 161 Å². The number of morpholine rings is 1. The van der Waals surface area contributed by atoms with Gasteiger partial charge in [-0.25, -0.2) is 0 Å². The number of aromatic nitrogens is 1. The van der Waals surface area contributed by atoms with Crippen molar-refractivity contribution >= 4 is 69.6 Å². The smallest absolute Gasteiger partial charge is 0.252 e. The Morgan fingerprint density at radius 2 is 1.59 bits per heavy atom. The topological polar surface area (TPSA) is 365 Å². The lowest BCUT2D eigenvalue weighted by Gasteiger charge is -2.70. The van der Waals surface area contributed by atoms with E-state index in [0.717, 1.165) is 32.1 Å². The molecule has 27 heteroatoms. The fourth-order valence-corrected chi connectivity index (χ4v) is 14.3. The van der Waals surface area contributed by atoms with Gasteiger partial charge in [0.15, 0.2) is 24.6 Å². The van der Waals surface area contributed by atoms with Crippen LogP contribution >= 0.6 is 22.6 Å². The lowest BCUT2D eigenvalue weighted by atomic mass is 9.44. The first-order valence-electron chi connectivity index (χ1n) is 29.2. The second-order valence-electron chi connectivity index (χ2n) is 23.9. The fraction of sp³-hybridized carbons (Fsp3) is 0.567. The van der Waals surface area contributed by atoms with Gasteiger partial charge in [-0.15, -0.1) is 0 Å². The Bertz CT molecular complexity index is 3320. The summed E-state index contributed by atoms with van der Waals surface area (Å²) in [5.74, 6) is -6.73. The van der Waals surface area contributed by atoms with Crippen LogP contribution in [0, 0.1) is 11.3 Å². The van der Waals surface area contributed by atoms with Gasteiger partial charge in [-0.05, 0) is 51.7 Å². The van der Waals surface area contributed by atoms with E-state index in [2.05, 4.69) is 77.4 Å². The molecular formula is C60H72IN9O17. The Hall–Kier alpha value is -6.91. The quantitative estimate of drug-likeness (QED) is 0.0222. The van der Waals surface area contributed by atoms with E-state index >= 15 is 0 Å². The lowest BCUT2D eigenvalue weighted by Crippen LogP contribution is -2.85. The monoisotopic (exact) mass is 1320 g/mol. The summed E-state index contributed by atoms with van der Waals surface area (Å²) in [4.78, 5) is 113. The standard InChI is InChI=1S/C60H72IN9O17/c1-6-7-8-9-14-57(3,61)52-31(22-62)18-32(23-67-52)53(79)63-15-13-38(71)64-24-39(72)65-25-40(73)66-26-41(74)68-58-27-59(28-58,29-58)69-56(80)60(81)20-34-44(50(78)46-45(48(34)76)47(75)33-11-10-12-36(82-4)43(33)49(46)77)37(21-60)86-42-19-35-51(30(2)85-42)87-54-55(83-5)84-17-16-70(35)54/h10-12,18,23,30,35,37,42,51,54-55,76,78,81H,6-9,13-17,19-21,24-29H2,1-5H3,(H,63,79)(H,64,71)(H,65,72)(H,66,73)(H,68,74)(H,69,80)/t30-,35-,37-,42-,51+,54+,55-,57?,58?,59?,60-/m0/s1. The number of aromatic hydroxyl groups is 2. The van der Waals surface area contributed by atoms with Crippen LogP contribution in [0.3, 0.4) is 0 Å². The van der Waals surface area contributed by atoms with Gasteiger partial charge in [0.1, 0.15) is 35.0 Å². The van der Waals surface area contributed by atoms with Gasteiger partial charge in [-0.2, -0.15) is 5.26 Å². The summed E-state index contributed by atoms with van der Waals surface area (Å²) in [6, 6.07) is 7.77. The van der Waals surface area contributed by atoms with Gasteiger partial charge in [0, 0.05) is 85.9 Å². The van der Waals surface area contributed by atoms with E-state index in [4.69, 9.17) is 28.4 Å². The molecule has 0 radical (unpaired) electrons. The predicted molar refractivity (Wildman–Crippen MR) is 312 cm³/mol. The van der Waals surface area contributed by atoms with Crippen molar-refractivity contribution in [3.05, 3.63) is 80.7 Å². The van der Waals surface area contributed by atoms with Gasteiger partial charge in [0.25, 0.3) is 11.8 Å². The van der Waals surface area contributed by atoms with Crippen molar-refractivity contribution in [3.63, 3.8) is 0 Å². The molecule has 6 amide bonds. The number of nitriles is 1. The molecule has 2 aromatic carbocycles. The number of halogens is 1. The SMILES string of the molecule is CCCCCCC(C)(I)c1ncc(C(=O)NCCC(=O)NCC(=O)NCC(=O)NCC(=O)NC23CC(NC(=O)[C@]4(O)Cc5c(O)c6c(c(O)c5[C@@H](O[C@H]5C[C@H]7[C@H](O[C@@H]8[C@@H](OC)OCCN87)[C@H](C)O5)C4)C(=O)c4c(OC)cccc4C6=O)(C2)C3)cc1C#N. The minimum absolute atomic E-state index is 0.0688. The molecule has 5 aliphatic carbocycles. The summed E-state index contributed by atoms with van der Waals surface area (Å²) in [5.41, 5.74) is -4.31. The summed E-state index contributed by atoms with van der Waals surface area (Å²) < 4.78 is 35.8. The minimum atomic E-state index is -2.34. The van der Waals surface area contributed by atoms with Crippen LogP contribution in [-0.4, -0.2) is 179 Å². The van der Waals surface area contributed by atoms with E-state index in [1.807, 2.05) is 13.8 Å².